The van der Waals surface area contributed by atoms with Crippen LogP contribution in [-0.4, -0.2) is 35.6 Å². The Morgan fingerprint density at radius 3 is 2.71 bits per heavy atom. The molecule has 4 heteroatoms. The fraction of sp³-hybridized carbons (Fsp3) is 0.769. The Balaban J connectivity index is 2.52. The number of likely N-dealkylation sites (N-methyl/N-ethyl adjacent to an activating group) is 1. The molecule has 0 spiro atoms. The van der Waals surface area contributed by atoms with Crippen molar-refractivity contribution < 1.29 is 4.74 Å². The molecule has 0 amide bonds. The lowest BCUT2D eigenvalue weighted by Gasteiger charge is -2.25. The van der Waals surface area contributed by atoms with E-state index in [0.717, 1.165) is 25.8 Å². The smallest absolute Gasteiger partial charge is 0.0721 e. The Hall–Kier alpha value is -0.870. The van der Waals surface area contributed by atoms with Crippen molar-refractivity contribution in [2.45, 2.75) is 45.3 Å². The van der Waals surface area contributed by atoms with Crippen molar-refractivity contribution in [1.29, 1.82) is 0 Å². The molecular weight excluding hydrogens is 214 g/mol. The van der Waals surface area contributed by atoms with Crippen LogP contribution < -0.4 is 5.32 Å². The van der Waals surface area contributed by atoms with E-state index in [1.54, 1.807) is 7.11 Å². The van der Waals surface area contributed by atoms with Gasteiger partial charge in [-0.15, -0.1) is 0 Å². The zero-order valence-corrected chi connectivity index (χ0v) is 11.4. The highest BCUT2D eigenvalue weighted by Crippen LogP contribution is 2.11. The van der Waals surface area contributed by atoms with Gasteiger partial charge in [0.25, 0.3) is 0 Å². The third kappa shape index (κ3) is 4.13. The maximum absolute atomic E-state index is 5.53. The summed E-state index contributed by atoms with van der Waals surface area (Å²) in [6.07, 6.45) is 5.31. The summed E-state index contributed by atoms with van der Waals surface area (Å²) in [4.78, 5) is 0. The predicted octanol–water partition coefficient (Wildman–Crippen LogP) is 1.76. The van der Waals surface area contributed by atoms with Gasteiger partial charge in [0.1, 0.15) is 0 Å². The highest BCUT2D eigenvalue weighted by molar-refractivity contribution is 5.00. The van der Waals surface area contributed by atoms with Gasteiger partial charge in [0, 0.05) is 32.1 Å². The molecule has 1 N–H and O–H groups in total. The van der Waals surface area contributed by atoms with Crippen molar-refractivity contribution in [3.05, 3.63) is 18.0 Å². The monoisotopic (exact) mass is 239 g/mol. The zero-order chi connectivity index (χ0) is 12.7. The van der Waals surface area contributed by atoms with Crippen molar-refractivity contribution in [1.82, 2.24) is 15.1 Å². The van der Waals surface area contributed by atoms with Crippen LogP contribution in [0.15, 0.2) is 12.3 Å². The van der Waals surface area contributed by atoms with E-state index < -0.39 is 0 Å². The summed E-state index contributed by atoms with van der Waals surface area (Å²) < 4.78 is 7.47. The zero-order valence-electron chi connectivity index (χ0n) is 11.4. The van der Waals surface area contributed by atoms with Crippen LogP contribution in [0.3, 0.4) is 0 Å². The Morgan fingerprint density at radius 1 is 1.47 bits per heavy atom. The van der Waals surface area contributed by atoms with Gasteiger partial charge in [0.05, 0.1) is 6.10 Å². The second-order valence-corrected chi connectivity index (χ2v) is 4.33. The average molecular weight is 239 g/mol. The SMILES string of the molecule is CCNC(CCc1ccnn1C)C(CC)OC. The first-order valence-corrected chi connectivity index (χ1v) is 6.45. The second kappa shape index (κ2) is 7.45. The molecule has 2 unspecified atom stereocenters. The molecule has 0 aliphatic heterocycles. The molecule has 0 saturated heterocycles. The maximum atomic E-state index is 5.53. The largest absolute Gasteiger partial charge is 0.380 e. The van der Waals surface area contributed by atoms with E-state index >= 15 is 0 Å². The van der Waals surface area contributed by atoms with E-state index in [-0.39, 0.29) is 0 Å². The van der Waals surface area contributed by atoms with Crippen LogP contribution in [0.25, 0.3) is 0 Å². The Bertz CT molecular complexity index is 307. The second-order valence-electron chi connectivity index (χ2n) is 4.33. The lowest BCUT2D eigenvalue weighted by atomic mass is 10.0. The lowest BCUT2D eigenvalue weighted by molar-refractivity contribution is 0.0630. The molecule has 1 heterocycles. The highest BCUT2D eigenvalue weighted by atomic mass is 16.5. The molecule has 0 radical (unpaired) electrons. The van der Waals surface area contributed by atoms with Crippen LogP contribution in [-0.2, 0) is 18.2 Å². The molecule has 4 nitrogen and oxygen atoms in total. The Morgan fingerprint density at radius 2 is 2.24 bits per heavy atom. The number of aromatic nitrogens is 2. The van der Waals surface area contributed by atoms with Gasteiger partial charge >= 0.3 is 0 Å². The predicted molar refractivity (Wildman–Crippen MR) is 70.1 cm³/mol. The Labute approximate surface area is 104 Å². The van der Waals surface area contributed by atoms with Gasteiger partial charge in [-0.05, 0) is 31.9 Å². The fourth-order valence-corrected chi connectivity index (χ4v) is 2.25. The third-order valence-corrected chi connectivity index (χ3v) is 3.25. The first-order chi connectivity index (χ1) is 8.22. The van der Waals surface area contributed by atoms with E-state index in [0.29, 0.717) is 12.1 Å². The van der Waals surface area contributed by atoms with E-state index in [2.05, 4.69) is 30.3 Å². The highest BCUT2D eigenvalue weighted by Gasteiger charge is 2.18. The first-order valence-electron chi connectivity index (χ1n) is 6.45. The summed E-state index contributed by atoms with van der Waals surface area (Å²) in [7, 11) is 3.79. The number of methoxy groups -OCH3 is 1. The molecule has 0 bridgehead atoms. The summed E-state index contributed by atoms with van der Waals surface area (Å²) in [5, 5.41) is 7.70. The van der Waals surface area contributed by atoms with Crippen LogP contribution in [0, 0.1) is 0 Å². The van der Waals surface area contributed by atoms with Crippen LogP contribution in [0.4, 0.5) is 0 Å². The number of ether oxygens (including phenoxy) is 1. The van der Waals surface area contributed by atoms with Crippen LogP contribution >= 0.6 is 0 Å². The fourth-order valence-electron chi connectivity index (χ4n) is 2.25. The van der Waals surface area contributed by atoms with Crippen molar-refractivity contribution in [3.8, 4) is 0 Å². The quantitative estimate of drug-likeness (QED) is 0.751. The number of hydrogen-bond acceptors (Lipinski definition) is 3. The molecule has 0 saturated carbocycles. The average Bonchev–Trinajstić information content (AvgIpc) is 2.73. The summed E-state index contributed by atoms with van der Waals surface area (Å²) >= 11 is 0. The van der Waals surface area contributed by atoms with Crippen LogP contribution in [0.5, 0.6) is 0 Å². The molecule has 98 valence electrons. The van der Waals surface area contributed by atoms with Gasteiger partial charge < -0.3 is 10.1 Å². The minimum Gasteiger partial charge on any atom is -0.380 e. The first kappa shape index (κ1) is 14.2. The maximum Gasteiger partial charge on any atom is 0.0721 e. The molecule has 2 atom stereocenters. The number of rotatable bonds is 8. The van der Waals surface area contributed by atoms with E-state index in [9.17, 15) is 0 Å². The summed E-state index contributed by atoms with van der Waals surface area (Å²) in [5.41, 5.74) is 1.28. The summed E-state index contributed by atoms with van der Waals surface area (Å²) in [5.74, 6) is 0. The van der Waals surface area contributed by atoms with Gasteiger partial charge in [0.15, 0.2) is 0 Å². The molecule has 1 aromatic rings. The molecule has 0 aliphatic rings. The number of nitrogens with zero attached hydrogens (tertiary/aromatic N) is 2. The molecule has 17 heavy (non-hydrogen) atoms. The molecule has 0 aromatic carbocycles. The van der Waals surface area contributed by atoms with Crippen molar-refractivity contribution in [2.24, 2.45) is 7.05 Å². The molecular formula is C13H25N3O. The Kier molecular flexibility index (Phi) is 6.22. The van der Waals surface area contributed by atoms with Gasteiger partial charge in [-0.2, -0.15) is 5.10 Å². The van der Waals surface area contributed by atoms with Crippen molar-refractivity contribution in [3.63, 3.8) is 0 Å². The topological polar surface area (TPSA) is 39.1 Å². The van der Waals surface area contributed by atoms with Crippen LogP contribution in [0.2, 0.25) is 0 Å². The minimum absolute atomic E-state index is 0.295. The van der Waals surface area contributed by atoms with Crippen molar-refractivity contribution >= 4 is 0 Å². The number of aryl methyl sites for hydroxylation is 2. The minimum atomic E-state index is 0.295. The van der Waals surface area contributed by atoms with Gasteiger partial charge in [-0.3, -0.25) is 4.68 Å². The third-order valence-electron chi connectivity index (χ3n) is 3.25. The molecule has 0 fully saturated rings. The molecule has 0 aliphatic carbocycles. The number of hydrogen-bond donors (Lipinski definition) is 1. The molecule has 1 aromatic heterocycles. The van der Waals surface area contributed by atoms with Gasteiger partial charge in [-0.25, -0.2) is 0 Å². The van der Waals surface area contributed by atoms with Gasteiger partial charge in [-0.1, -0.05) is 13.8 Å². The summed E-state index contributed by atoms with van der Waals surface area (Å²) in [6.45, 7) is 5.29. The van der Waals surface area contributed by atoms with E-state index in [4.69, 9.17) is 4.74 Å². The van der Waals surface area contributed by atoms with Gasteiger partial charge in [0.2, 0.25) is 0 Å². The van der Waals surface area contributed by atoms with E-state index in [1.807, 2.05) is 17.9 Å². The normalized spacial score (nSPS) is 14.8. The number of nitrogens with one attached hydrogen (secondary N) is 1. The lowest BCUT2D eigenvalue weighted by Crippen LogP contribution is -2.41. The van der Waals surface area contributed by atoms with Crippen molar-refractivity contribution in [2.75, 3.05) is 13.7 Å². The standard InChI is InChI=1S/C13H25N3O/c1-5-13(17-4)12(14-6-2)8-7-11-9-10-15-16(11)3/h9-10,12-14H,5-8H2,1-4H3. The molecule has 1 rings (SSSR count). The van der Waals surface area contributed by atoms with E-state index in [1.165, 1.54) is 5.69 Å². The summed E-state index contributed by atoms with van der Waals surface area (Å²) in [6, 6.07) is 2.50. The van der Waals surface area contributed by atoms with Crippen LogP contribution in [0.1, 0.15) is 32.4 Å².